The highest BCUT2D eigenvalue weighted by molar-refractivity contribution is 5.82. The van der Waals surface area contributed by atoms with Gasteiger partial charge < -0.3 is 20.7 Å². The van der Waals surface area contributed by atoms with E-state index in [0.29, 0.717) is 18.2 Å². The molecule has 1 heterocycles. The lowest BCUT2D eigenvalue weighted by atomic mass is 10.0. The Morgan fingerprint density at radius 3 is 2.60 bits per heavy atom. The van der Waals surface area contributed by atoms with Gasteiger partial charge in [0.1, 0.15) is 6.04 Å². The molecule has 112 valence electrons. The van der Waals surface area contributed by atoms with Crippen LogP contribution in [-0.2, 0) is 11.2 Å². The minimum absolute atomic E-state index is 0.174. The van der Waals surface area contributed by atoms with E-state index < -0.39 is 18.0 Å². The summed E-state index contributed by atoms with van der Waals surface area (Å²) in [5.41, 5.74) is 0.665. The van der Waals surface area contributed by atoms with Crippen LogP contribution in [0.4, 0.5) is 4.79 Å². The quantitative estimate of drug-likeness (QED) is 0.573. The van der Waals surface area contributed by atoms with Crippen LogP contribution in [0.15, 0.2) is 12.5 Å². The Kier molecular flexibility index (Phi) is 6.55. The molecule has 1 rings (SSSR count). The van der Waals surface area contributed by atoms with E-state index >= 15 is 0 Å². The fraction of sp³-hybridized carbons (Fsp3) is 0.615. The van der Waals surface area contributed by atoms with Gasteiger partial charge in [0, 0.05) is 24.9 Å². The van der Waals surface area contributed by atoms with E-state index in [2.05, 4.69) is 34.4 Å². The molecule has 4 N–H and O–H groups in total. The molecule has 7 nitrogen and oxygen atoms in total. The van der Waals surface area contributed by atoms with E-state index in [1.165, 1.54) is 6.33 Å². The largest absolute Gasteiger partial charge is 0.480 e. The Morgan fingerprint density at radius 2 is 2.10 bits per heavy atom. The van der Waals surface area contributed by atoms with Gasteiger partial charge in [0.05, 0.1) is 6.33 Å². The number of amides is 2. The smallest absolute Gasteiger partial charge is 0.326 e. The molecular formula is C13H22N4O3. The van der Waals surface area contributed by atoms with Gasteiger partial charge in [-0.25, -0.2) is 14.6 Å². The number of hydrogen-bond donors (Lipinski definition) is 4. The number of hydrogen-bond acceptors (Lipinski definition) is 3. The Morgan fingerprint density at radius 1 is 1.40 bits per heavy atom. The van der Waals surface area contributed by atoms with Crippen LogP contribution in [0.1, 0.15) is 32.4 Å². The van der Waals surface area contributed by atoms with Crippen LogP contribution in [0.5, 0.6) is 0 Å². The van der Waals surface area contributed by atoms with Crippen LogP contribution in [0.3, 0.4) is 0 Å². The summed E-state index contributed by atoms with van der Waals surface area (Å²) >= 11 is 0. The summed E-state index contributed by atoms with van der Waals surface area (Å²) in [4.78, 5) is 29.5. The average molecular weight is 282 g/mol. The third kappa shape index (κ3) is 5.29. The van der Waals surface area contributed by atoms with Gasteiger partial charge >= 0.3 is 12.0 Å². The van der Waals surface area contributed by atoms with E-state index in [-0.39, 0.29) is 6.42 Å². The van der Waals surface area contributed by atoms with Gasteiger partial charge in [-0.3, -0.25) is 0 Å². The highest BCUT2D eigenvalue weighted by Crippen LogP contribution is 2.05. The van der Waals surface area contributed by atoms with Crippen molar-refractivity contribution in [2.75, 3.05) is 6.54 Å². The van der Waals surface area contributed by atoms with Crippen molar-refractivity contribution in [1.82, 2.24) is 20.6 Å². The second kappa shape index (κ2) is 8.19. The molecule has 1 aromatic rings. The summed E-state index contributed by atoms with van der Waals surface area (Å²) in [6, 6.07) is -1.43. The Bertz CT molecular complexity index is 415. The van der Waals surface area contributed by atoms with Crippen molar-refractivity contribution >= 4 is 12.0 Å². The Balaban J connectivity index is 2.45. The molecule has 0 aliphatic rings. The van der Waals surface area contributed by atoms with Crippen LogP contribution in [0.2, 0.25) is 0 Å². The Hall–Kier alpha value is -2.05. The normalized spacial score (nSPS) is 12.2. The maximum absolute atomic E-state index is 11.7. The highest BCUT2D eigenvalue weighted by Gasteiger charge is 2.21. The van der Waals surface area contributed by atoms with Crippen LogP contribution in [0, 0.1) is 5.92 Å². The van der Waals surface area contributed by atoms with Crippen LogP contribution in [-0.4, -0.2) is 39.7 Å². The lowest BCUT2D eigenvalue weighted by Gasteiger charge is -2.17. The van der Waals surface area contributed by atoms with E-state index in [4.69, 9.17) is 5.11 Å². The zero-order chi connectivity index (χ0) is 15.0. The van der Waals surface area contributed by atoms with Crippen molar-refractivity contribution in [3.63, 3.8) is 0 Å². The summed E-state index contributed by atoms with van der Waals surface area (Å²) in [5, 5.41) is 14.3. The average Bonchev–Trinajstić information content (AvgIpc) is 2.92. The van der Waals surface area contributed by atoms with Gasteiger partial charge in [-0.1, -0.05) is 26.7 Å². The van der Waals surface area contributed by atoms with E-state index in [9.17, 15) is 9.59 Å². The molecule has 20 heavy (non-hydrogen) atoms. The summed E-state index contributed by atoms with van der Waals surface area (Å²) in [5.74, 6) is -0.658. The van der Waals surface area contributed by atoms with Gasteiger partial charge in [0.15, 0.2) is 0 Å². The molecule has 0 aliphatic carbocycles. The van der Waals surface area contributed by atoms with Crippen molar-refractivity contribution in [3.8, 4) is 0 Å². The minimum atomic E-state index is -1.07. The highest BCUT2D eigenvalue weighted by atomic mass is 16.4. The molecule has 1 atom stereocenters. The number of carboxylic acids is 1. The number of urea groups is 1. The van der Waals surface area contributed by atoms with Gasteiger partial charge in [-0.2, -0.15) is 0 Å². The van der Waals surface area contributed by atoms with Crippen molar-refractivity contribution in [1.29, 1.82) is 0 Å². The predicted molar refractivity (Wildman–Crippen MR) is 74.3 cm³/mol. The summed E-state index contributed by atoms with van der Waals surface area (Å²) < 4.78 is 0. The molecule has 0 spiro atoms. The first-order valence-electron chi connectivity index (χ1n) is 6.81. The van der Waals surface area contributed by atoms with Gasteiger partial charge in [0.25, 0.3) is 0 Å². The molecule has 0 saturated heterocycles. The SMILES string of the molecule is CCC(CC)CNC(=O)NC(Cc1cnc[nH]1)C(=O)O. The number of carboxylic acid groups (broad SMARTS) is 1. The Labute approximate surface area is 118 Å². The molecule has 7 heteroatoms. The molecule has 0 fully saturated rings. The molecule has 0 bridgehead atoms. The number of aromatic nitrogens is 2. The van der Waals surface area contributed by atoms with E-state index in [1.807, 2.05) is 0 Å². The second-order valence-corrected chi connectivity index (χ2v) is 4.71. The molecule has 0 aliphatic heterocycles. The first kappa shape index (κ1) is 16.0. The van der Waals surface area contributed by atoms with E-state index in [0.717, 1.165) is 12.8 Å². The maximum Gasteiger partial charge on any atom is 0.326 e. The predicted octanol–water partition coefficient (Wildman–Crippen LogP) is 1.14. The molecule has 1 aromatic heterocycles. The third-order valence-electron chi connectivity index (χ3n) is 3.29. The fourth-order valence-electron chi connectivity index (χ4n) is 1.84. The van der Waals surface area contributed by atoms with Crippen molar-refractivity contribution in [2.45, 2.75) is 39.2 Å². The van der Waals surface area contributed by atoms with Gasteiger partial charge in [-0.15, -0.1) is 0 Å². The number of nitrogens with one attached hydrogen (secondary N) is 3. The number of nitrogens with zero attached hydrogens (tertiary/aromatic N) is 1. The van der Waals surface area contributed by atoms with Gasteiger partial charge in [0.2, 0.25) is 0 Å². The summed E-state index contributed by atoms with van der Waals surface area (Å²) in [6.45, 7) is 4.67. The first-order chi connectivity index (χ1) is 9.56. The number of aromatic amines is 1. The number of carbonyl (C=O) groups is 2. The monoisotopic (exact) mass is 282 g/mol. The number of imidazole rings is 1. The molecule has 0 saturated carbocycles. The summed E-state index contributed by atoms with van der Waals surface area (Å²) in [7, 11) is 0. The van der Waals surface area contributed by atoms with Crippen LogP contribution in [0.25, 0.3) is 0 Å². The number of H-pyrrole nitrogens is 1. The van der Waals surface area contributed by atoms with Crippen LogP contribution >= 0.6 is 0 Å². The standard InChI is InChI=1S/C13H22N4O3/c1-3-9(4-2)6-15-13(20)17-11(12(18)19)5-10-7-14-8-16-10/h7-9,11H,3-6H2,1-2H3,(H,14,16)(H,18,19)(H2,15,17,20). The number of rotatable bonds is 8. The number of carbonyl (C=O) groups excluding carboxylic acids is 1. The van der Waals surface area contributed by atoms with Crippen molar-refractivity contribution in [2.24, 2.45) is 5.92 Å². The summed E-state index contributed by atoms with van der Waals surface area (Å²) in [6.07, 6.45) is 5.15. The van der Waals surface area contributed by atoms with E-state index in [1.54, 1.807) is 6.20 Å². The lowest BCUT2D eigenvalue weighted by molar-refractivity contribution is -0.139. The minimum Gasteiger partial charge on any atom is -0.480 e. The van der Waals surface area contributed by atoms with Crippen molar-refractivity contribution in [3.05, 3.63) is 18.2 Å². The molecule has 0 radical (unpaired) electrons. The lowest BCUT2D eigenvalue weighted by Crippen LogP contribution is -2.48. The molecule has 0 aromatic carbocycles. The van der Waals surface area contributed by atoms with Crippen molar-refractivity contribution < 1.29 is 14.7 Å². The second-order valence-electron chi connectivity index (χ2n) is 4.71. The topological polar surface area (TPSA) is 107 Å². The molecule has 1 unspecified atom stereocenters. The molecular weight excluding hydrogens is 260 g/mol. The maximum atomic E-state index is 11.7. The number of aliphatic carboxylic acids is 1. The zero-order valence-electron chi connectivity index (χ0n) is 11.8. The molecule has 2 amide bonds. The van der Waals surface area contributed by atoms with Gasteiger partial charge in [-0.05, 0) is 5.92 Å². The first-order valence-corrected chi connectivity index (χ1v) is 6.81. The van der Waals surface area contributed by atoms with Crippen LogP contribution < -0.4 is 10.6 Å². The third-order valence-corrected chi connectivity index (χ3v) is 3.29. The zero-order valence-corrected chi connectivity index (χ0v) is 11.8. The fourth-order valence-corrected chi connectivity index (χ4v) is 1.84.